The van der Waals surface area contributed by atoms with Gasteiger partial charge in [0.05, 0.1) is 16.7 Å². The number of furan rings is 2. The topological polar surface area (TPSA) is 31.2 Å². The van der Waals surface area contributed by atoms with Crippen molar-refractivity contribution in [3.05, 3.63) is 152 Å². The Labute approximate surface area is 258 Å². The average molecular weight is 576 g/mol. The lowest BCUT2D eigenvalue weighted by atomic mass is 10.0. The number of hydrogen-bond acceptors (Lipinski definition) is 2. The molecule has 0 aliphatic rings. The number of rotatable bonds is 3. The zero-order valence-corrected chi connectivity index (χ0v) is 24.2. The van der Waals surface area contributed by atoms with E-state index in [1.807, 2.05) is 12.1 Å². The Bertz CT molecular complexity index is 2760. The van der Waals surface area contributed by atoms with Gasteiger partial charge in [-0.25, -0.2) is 0 Å². The first-order chi connectivity index (χ1) is 22.3. The predicted octanol–water partition coefficient (Wildman–Crippen LogP) is 11.9. The van der Waals surface area contributed by atoms with Crippen LogP contribution in [0.4, 0.5) is 0 Å². The molecule has 3 heterocycles. The standard InChI is InChI=1S/C42H25NO2/c1-2-9-26(10-3-1)28-17-20-31-30-11-4-6-14-36(30)43(38(31)24-28)37-15-8-13-34-35-23-27(19-22-40(35)45-42(34)37)29-18-21-33-32-12-5-7-16-39(32)44-41(33)25-29/h1-25H. The van der Waals surface area contributed by atoms with Crippen molar-refractivity contribution >= 4 is 65.7 Å². The molecule has 0 radical (unpaired) electrons. The minimum absolute atomic E-state index is 0.872. The monoisotopic (exact) mass is 575 g/mol. The minimum Gasteiger partial charge on any atom is -0.456 e. The highest BCUT2D eigenvalue weighted by Gasteiger charge is 2.19. The van der Waals surface area contributed by atoms with Crippen molar-refractivity contribution < 1.29 is 8.83 Å². The van der Waals surface area contributed by atoms with E-state index in [9.17, 15) is 0 Å². The second kappa shape index (κ2) is 9.22. The summed E-state index contributed by atoms with van der Waals surface area (Å²) in [5.41, 5.74) is 11.5. The maximum absolute atomic E-state index is 6.68. The van der Waals surface area contributed by atoms with Gasteiger partial charge in [0.15, 0.2) is 5.58 Å². The van der Waals surface area contributed by atoms with E-state index in [4.69, 9.17) is 8.83 Å². The van der Waals surface area contributed by atoms with Crippen LogP contribution in [0.3, 0.4) is 0 Å². The molecular formula is C42H25NO2. The number of para-hydroxylation sites is 3. The van der Waals surface area contributed by atoms with Crippen LogP contribution in [-0.2, 0) is 0 Å². The van der Waals surface area contributed by atoms with Crippen LogP contribution in [0.5, 0.6) is 0 Å². The molecule has 0 saturated heterocycles. The van der Waals surface area contributed by atoms with Gasteiger partial charge >= 0.3 is 0 Å². The summed E-state index contributed by atoms with van der Waals surface area (Å²) in [6.45, 7) is 0. The molecule has 3 heteroatoms. The van der Waals surface area contributed by atoms with Crippen molar-refractivity contribution in [2.45, 2.75) is 0 Å². The van der Waals surface area contributed by atoms with Crippen LogP contribution in [-0.4, -0.2) is 4.57 Å². The van der Waals surface area contributed by atoms with E-state index in [0.717, 1.165) is 71.7 Å². The highest BCUT2D eigenvalue weighted by Crippen LogP contribution is 2.40. The highest BCUT2D eigenvalue weighted by molar-refractivity contribution is 6.14. The Hall–Kier alpha value is -6.06. The number of benzene rings is 7. The third kappa shape index (κ3) is 3.58. The lowest BCUT2D eigenvalue weighted by Crippen LogP contribution is -1.94. The molecule has 0 aliphatic carbocycles. The predicted molar refractivity (Wildman–Crippen MR) is 186 cm³/mol. The van der Waals surface area contributed by atoms with Crippen molar-refractivity contribution in [1.82, 2.24) is 4.57 Å². The summed E-state index contributed by atoms with van der Waals surface area (Å²) >= 11 is 0. The van der Waals surface area contributed by atoms with Crippen LogP contribution in [0, 0.1) is 0 Å². The van der Waals surface area contributed by atoms with Gasteiger partial charge in [0.1, 0.15) is 16.7 Å². The molecule has 0 N–H and O–H groups in total. The first-order valence-electron chi connectivity index (χ1n) is 15.3. The van der Waals surface area contributed by atoms with E-state index in [2.05, 4.69) is 144 Å². The number of nitrogens with zero attached hydrogens (tertiary/aromatic N) is 1. The van der Waals surface area contributed by atoms with Crippen LogP contribution < -0.4 is 0 Å². The Kier molecular flexibility index (Phi) is 5.00. The second-order valence-electron chi connectivity index (χ2n) is 11.7. The van der Waals surface area contributed by atoms with Crippen molar-refractivity contribution in [1.29, 1.82) is 0 Å². The molecule has 45 heavy (non-hydrogen) atoms. The maximum Gasteiger partial charge on any atom is 0.159 e. The second-order valence-corrected chi connectivity index (χ2v) is 11.7. The molecular weight excluding hydrogens is 550 g/mol. The van der Waals surface area contributed by atoms with Gasteiger partial charge in [-0.1, -0.05) is 103 Å². The molecule has 0 fully saturated rings. The van der Waals surface area contributed by atoms with E-state index in [1.54, 1.807) is 0 Å². The summed E-state index contributed by atoms with van der Waals surface area (Å²) in [6, 6.07) is 53.6. The SMILES string of the molecule is c1ccc(-c2ccc3c4ccccc4n(-c4cccc5c4oc4ccc(-c6ccc7c(c6)oc6ccccc67)cc45)c3c2)cc1. The molecule has 210 valence electrons. The molecule has 0 bridgehead atoms. The number of aromatic nitrogens is 1. The van der Waals surface area contributed by atoms with Crippen molar-refractivity contribution in [3.8, 4) is 27.9 Å². The fourth-order valence-electron chi connectivity index (χ4n) is 7.08. The molecule has 0 amide bonds. The maximum atomic E-state index is 6.68. The van der Waals surface area contributed by atoms with Gasteiger partial charge < -0.3 is 13.4 Å². The smallest absolute Gasteiger partial charge is 0.159 e. The summed E-state index contributed by atoms with van der Waals surface area (Å²) in [7, 11) is 0. The Morgan fingerprint density at radius 2 is 0.978 bits per heavy atom. The summed E-state index contributed by atoms with van der Waals surface area (Å²) in [6.07, 6.45) is 0. The third-order valence-corrected chi connectivity index (χ3v) is 9.21. The Morgan fingerprint density at radius 3 is 1.89 bits per heavy atom. The van der Waals surface area contributed by atoms with Gasteiger partial charge in [-0.2, -0.15) is 0 Å². The van der Waals surface area contributed by atoms with Gasteiger partial charge in [-0.15, -0.1) is 0 Å². The normalized spacial score (nSPS) is 12.0. The summed E-state index contributed by atoms with van der Waals surface area (Å²) in [5.74, 6) is 0. The molecule has 0 unspecified atom stereocenters. The van der Waals surface area contributed by atoms with Crippen molar-refractivity contribution in [3.63, 3.8) is 0 Å². The number of fused-ring (bicyclic) bond motifs is 9. The molecule has 0 saturated carbocycles. The van der Waals surface area contributed by atoms with E-state index in [0.29, 0.717) is 0 Å². The zero-order chi connectivity index (χ0) is 29.5. The molecule has 3 nitrogen and oxygen atoms in total. The molecule has 0 spiro atoms. The summed E-state index contributed by atoms with van der Waals surface area (Å²) < 4.78 is 15.2. The van der Waals surface area contributed by atoms with E-state index in [1.165, 1.54) is 21.9 Å². The van der Waals surface area contributed by atoms with Gasteiger partial charge in [0, 0.05) is 32.3 Å². The van der Waals surface area contributed by atoms with Gasteiger partial charge in [-0.3, -0.25) is 0 Å². The van der Waals surface area contributed by atoms with Crippen LogP contribution in [0.2, 0.25) is 0 Å². The first-order valence-corrected chi connectivity index (χ1v) is 15.3. The molecule has 3 aromatic heterocycles. The molecule has 10 aromatic rings. The molecule has 0 aliphatic heterocycles. The molecule has 7 aromatic carbocycles. The third-order valence-electron chi connectivity index (χ3n) is 9.21. The van der Waals surface area contributed by atoms with E-state index < -0.39 is 0 Å². The van der Waals surface area contributed by atoms with Crippen molar-refractivity contribution in [2.75, 3.05) is 0 Å². The van der Waals surface area contributed by atoms with E-state index in [-0.39, 0.29) is 0 Å². The van der Waals surface area contributed by atoms with Gasteiger partial charge in [0.25, 0.3) is 0 Å². The quantitative estimate of drug-likeness (QED) is 0.210. The fraction of sp³-hybridized carbons (Fsp3) is 0. The Morgan fingerprint density at radius 1 is 0.333 bits per heavy atom. The van der Waals surface area contributed by atoms with Crippen LogP contribution in [0.25, 0.3) is 93.6 Å². The van der Waals surface area contributed by atoms with Gasteiger partial charge in [-0.05, 0) is 70.8 Å². The lowest BCUT2D eigenvalue weighted by molar-refractivity contribution is 0.666. The fourth-order valence-corrected chi connectivity index (χ4v) is 7.08. The van der Waals surface area contributed by atoms with E-state index >= 15 is 0 Å². The summed E-state index contributed by atoms with van der Waals surface area (Å²) in [4.78, 5) is 0. The summed E-state index contributed by atoms with van der Waals surface area (Å²) in [5, 5.41) is 6.92. The van der Waals surface area contributed by atoms with Crippen LogP contribution in [0.15, 0.2) is 160 Å². The van der Waals surface area contributed by atoms with Crippen LogP contribution >= 0.6 is 0 Å². The highest BCUT2D eigenvalue weighted by atomic mass is 16.3. The van der Waals surface area contributed by atoms with Crippen LogP contribution in [0.1, 0.15) is 0 Å². The van der Waals surface area contributed by atoms with Crippen molar-refractivity contribution in [2.24, 2.45) is 0 Å². The largest absolute Gasteiger partial charge is 0.456 e. The number of hydrogen-bond donors (Lipinski definition) is 0. The first kappa shape index (κ1) is 24.4. The average Bonchev–Trinajstić information content (AvgIpc) is 3.77. The van der Waals surface area contributed by atoms with Gasteiger partial charge in [0.2, 0.25) is 0 Å². The molecule has 0 atom stereocenters. The lowest BCUT2D eigenvalue weighted by Gasteiger charge is -2.09. The zero-order valence-electron chi connectivity index (χ0n) is 24.2. The minimum atomic E-state index is 0.872. The Balaban J connectivity index is 1.18. The molecule has 10 rings (SSSR count).